The average Bonchev–Trinajstić information content (AvgIpc) is 2.38. The summed E-state index contributed by atoms with van der Waals surface area (Å²) in [4.78, 5) is 17.6. The van der Waals surface area contributed by atoms with Gasteiger partial charge in [-0.2, -0.15) is 0 Å². The van der Waals surface area contributed by atoms with Crippen molar-refractivity contribution in [2.75, 3.05) is 24.6 Å². The number of aromatic carboxylic acids is 1. The third kappa shape index (κ3) is 3.44. The second kappa shape index (κ2) is 6.02. The van der Waals surface area contributed by atoms with Gasteiger partial charge >= 0.3 is 5.97 Å². The largest absolute Gasteiger partial charge is 0.478 e. The zero-order valence-corrected chi connectivity index (χ0v) is 11.2. The van der Waals surface area contributed by atoms with Crippen LogP contribution in [0.15, 0.2) is 12.1 Å². The fourth-order valence-electron chi connectivity index (χ4n) is 2.63. The highest BCUT2D eigenvalue weighted by atomic mass is 16.4. The fourth-order valence-corrected chi connectivity index (χ4v) is 2.63. The van der Waals surface area contributed by atoms with Gasteiger partial charge in [0, 0.05) is 25.4 Å². The van der Waals surface area contributed by atoms with Gasteiger partial charge < -0.3 is 15.1 Å². The van der Waals surface area contributed by atoms with Gasteiger partial charge in [-0.25, -0.2) is 9.78 Å². The van der Waals surface area contributed by atoms with Gasteiger partial charge in [-0.3, -0.25) is 0 Å². The number of nitrogens with zero attached hydrogens (tertiary/aromatic N) is 2. The lowest BCUT2D eigenvalue weighted by Crippen LogP contribution is -2.36. The quantitative estimate of drug-likeness (QED) is 0.865. The molecule has 1 aromatic rings. The Morgan fingerprint density at radius 1 is 1.53 bits per heavy atom. The highest BCUT2D eigenvalue weighted by molar-refractivity contribution is 5.88. The molecule has 5 nitrogen and oxygen atoms in total. The van der Waals surface area contributed by atoms with E-state index in [1.165, 1.54) is 0 Å². The van der Waals surface area contributed by atoms with Crippen molar-refractivity contribution in [1.29, 1.82) is 0 Å². The minimum Gasteiger partial charge on any atom is -0.478 e. The molecule has 2 heterocycles. The van der Waals surface area contributed by atoms with Crippen molar-refractivity contribution >= 4 is 11.8 Å². The number of aliphatic hydroxyl groups is 1. The van der Waals surface area contributed by atoms with Crippen molar-refractivity contribution in [2.24, 2.45) is 5.92 Å². The van der Waals surface area contributed by atoms with E-state index in [9.17, 15) is 4.79 Å². The monoisotopic (exact) mass is 264 g/mol. The number of piperidine rings is 1. The molecule has 0 spiro atoms. The van der Waals surface area contributed by atoms with E-state index < -0.39 is 5.97 Å². The van der Waals surface area contributed by atoms with Crippen LogP contribution in [-0.4, -0.2) is 40.9 Å². The summed E-state index contributed by atoms with van der Waals surface area (Å²) in [5.74, 6) is 0.282. The first-order chi connectivity index (χ1) is 9.10. The summed E-state index contributed by atoms with van der Waals surface area (Å²) >= 11 is 0. The van der Waals surface area contributed by atoms with E-state index in [-0.39, 0.29) is 12.2 Å². The molecule has 1 aliphatic rings. The maximum absolute atomic E-state index is 11.1. The number of carbonyl (C=O) groups is 1. The van der Waals surface area contributed by atoms with Crippen LogP contribution >= 0.6 is 0 Å². The summed E-state index contributed by atoms with van der Waals surface area (Å²) in [7, 11) is 0. The number of pyridine rings is 1. The fraction of sp³-hybridized carbons (Fsp3) is 0.571. The van der Waals surface area contributed by atoms with E-state index in [1.807, 2.05) is 6.92 Å². The summed E-state index contributed by atoms with van der Waals surface area (Å²) in [6.45, 7) is 3.76. The molecule has 0 aliphatic carbocycles. The molecule has 104 valence electrons. The summed E-state index contributed by atoms with van der Waals surface area (Å²) in [6, 6.07) is 3.22. The van der Waals surface area contributed by atoms with Gasteiger partial charge in [-0.15, -0.1) is 0 Å². The third-order valence-corrected chi connectivity index (χ3v) is 3.57. The lowest BCUT2D eigenvalue weighted by molar-refractivity contribution is 0.0696. The number of hydrogen-bond acceptors (Lipinski definition) is 4. The molecule has 0 amide bonds. The molecular weight excluding hydrogens is 244 g/mol. The Hall–Kier alpha value is -1.62. The number of hydrogen-bond donors (Lipinski definition) is 2. The van der Waals surface area contributed by atoms with Gasteiger partial charge in [0.1, 0.15) is 5.82 Å². The van der Waals surface area contributed by atoms with Crippen molar-refractivity contribution < 1.29 is 15.0 Å². The molecule has 0 bridgehead atoms. The van der Waals surface area contributed by atoms with Crippen molar-refractivity contribution in [3.8, 4) is 0 Å². The molecule has 5 heteroatoms. The van der Waals surface area contributed by atoms with Gasteiger partial charge in [0.15, 0.2) is 0 Å². The van der Waals surface area contributed by atoms with E-state index in [4.69, 9.17) is 10.2 Å². The van der Waals surface area contributed by atoms with E-state index in [0.29, 0.717) is 5.92 Å². The van der Waals surface area contributed by atoms with Crippen LogP contribution in [0, 0.1) is 12.8 Å². The van der Waals surface area contributed by atoms with Crippen LogP contribution in [0.2, 0.25) is 0 Å². The predicted molar refractivity (Wildman–Crippen MR) is 72.6 cm³/mol. The molecule has 1 atom stereocenters. The summed E-state index contributed by atoms with van der Waals surface area (Å²) < 4.78 is 0. The van der Waals surface area contributed by atoms with Crippen LogP contribution in [0.4, 0.5) is 5.82 Å². The van der Waals surface area contributed by atoms with Gasteiger partial charge in [-0.1, -0.05) is 0 Å². The maximum atomic E-state index is 11.1. The van der Waals surface area contributed by atoms with Gasteiger partial charge in [0.25, 0.3) is 0 Å². The van der Waals surface area contributed by atoms with Crippen molar-refractivity contribution in [2.45, 2.75) is 26.2 Å². The van der Waals surface area contributed by atoms with E-state index in [0.717, 1.165) is 43.9 Å². The van der Waals surface area contributed by atoms with Crippen LogP contribution in [0.1, 0.15) is 35.3 Å². The number of carboxylic acids is 1. The number of rotatable bonds is 4. The summed E-state index contributed by atoms with van der Waals surface area (Å²) in [5, 5.41) is 18.1. The molecule has 2 N–H and O–H groups in total. The Bertz CT molecular complexity index is 460. The number of aryl methyl sites for hydroxylation is 1. The number of anilines is 1. The first-order valence-corrected chi connectivity index (χ1v) is 6.68. The highest BCUT2D eigenvalue weighted by Crippen LogP contribution is 2.24. The van der Waals surface area contributed by atoms with Crippen molar-refractivity contribution in [3.63, 3.8) is 0 Å². The summed E-state index contributed by atoms with van der Waals surface area (Å²) in [5.41, 5.74) is 1.01. The second-order valence-corrected chi connectivity index (χ2v) is 5.13. The Kier molecular flexibility index (Phi) is 4.37. The topological polar surface area (TPSA) is 73.7 Å². The third-order valence-electron chi connectivity index (χ3n) is 3.57. The van der Waals surface area contributed by atoms with Crippen LogP contribution in [0.5, 0.6) is 0 Å². The van der Waals surface area contributed by atoms with Crippen LogP contribution < -0.4 is 4.90 Å². The first kappa shape index (κ1) is 13.8. The molecule has 0 radical (unpaired) electrons. The smallest absolute Gasteiger partial charge is 0.335 e. The zero-order valence-electron chi connectivity index (χ0n) is 11.2. The van der Waals surface area contributed by atoms with E-state index >= 15 is 0 Å². The normalized spacial score (nSPS) is 19.5. The van der Waals surface area contributed by atoms with Crippen LogP contribution in [0.25, 0.3) is 0 Å². The number of carboxylic acid groups (broad SMARTS) is 1. The zero-order chi connectivity index (χ0) is 13.8. The molecule has 1 unspecified atom stereocenters. The molecule has 19 heavy (non-hydrogen) atoms. The Morgan fingerprint density at radius 3 is 3.00 bits per heavy atom. The number of aliphatic hydroxyl groups excluding tert-OH is 1. The molecular formula is C14H20N2O3. The van der Waals surface area contributed by atoms with Crippen LogP contribution in [0.3, 0.4) is 0 Å². The van der Waals surface area contributed by atoms with Crippen LogP contribution in [-0.2, 0) is 0 Å². The Balaban J connectivity index is 2.18. The summed E-state index contributed by atoms with van der Waals surface area (Å²) in [6.07, 6.45) is 2.98. The second-order valence-electron chi connectivity index (χ2n) is 5.13. The maximum Gasteiger partial charge on any atom is 0.335 e. The number of aromatic nitrogens is 1. The van der Waals surface area contributed by atoms with Crippen molar-refractivity contribution in [3.05, 3.63) is 23.4 Å². The lowest BCUT2D eigenvalue weighted by Gasteiger charge is -2.33. The molecule has 1 fully saturated rings. The SMILES string of the molecule is Cc1cc(C(=O)O)cc(N2CCCC(CCO)C2)n1. The Morgan fingerprint density at radius 2 is 2.32 bits per heavy atom. The molecule has 2 rings (SSSR count). The minimum absolute atomic E-state index is 0.208. The molecule has 1 saturated heterocycles. The van der Waals surface area contributed by atoms with Crippen molar-refractivity contribution in [1.82, 2.24) is 4.98 Å². The van der Waals surface area contributed by atoms with E-state index in [1.54, 1.807) is 12.1 Å². The molecule has 0 aromatic carbocycles. The molecule has 1 aromatic heterocycles. The predicted octanol–water partition coefficient (Wildman–Crippen LogP) is 1.69. The standard InChI is InChI=1S/C14H20N2O3/c1-10-7-12(14(18)19)8-13(15-10)16-5-2-3-11(9-16)4-6-17/h7-8,11,17H,2-6,9H2,1H3,(H,18,19). The van der Waals surface area contributed by atoms with Gasteiger partial charge in [0.05, 0.1) is 5.56 Å². The van der Waals surface area contributed by atoms with E-state index in [2.05, 4.69) is 9.88 Å². The molecule has 0 saturated carbocycles. The highest BCUT2D eigenvalue weighted by Gasteiger charge is 2.21. The minimum atomic E-state index is -0.921. The first-order valence-electron chi connectivity index (χ1n) is 6.68. The Labute approximate surface area is 112 Å². The average molecular weight is 264 g/mol. The lowest BCUT2D eigenvalue weighted by atomic mass is 9.95. The van der Waals surface area contributed by atoms with Gasteiger partial charge in [-0.05, 0) is 44.2 Å². The molecule has 1 aliphatic heterocycles. The van der Waals surface area contributed by atoms with Gasteiger partial charge in [0.2, 0.25) is 0 Å².